The van der Waals surface area contributed by atoms with Crippen molar-refractivity contribution in [3.05, 3.63) is 42.2 Å². The lowest BCUT2D eigenvalue weighted by Crippen LogP contribution is -2.14. The summed E-state index contributed by atoms with van der Waals surface area (Å²) in [6, 6.07) is 7.90. The first-order valence-corrected chi connectivity index (χ1v) is 6.77. The van der Waals surface area contributed by atoms with Gasteiger partial charge in [0.25, 0.3) is 0 Å². The molecule has 2 N–H and O–H groups in total. The third-order valence-electron chi connectivity index (χ3n) is 2.46. The van der Waals surface area contributed by atoms with Crippen LogP contribution in [0.4, 0.5) is 5.69 Å². The van der Waals surface area contributed by atoms with Gasteiger partial charge in [0.15, 0.2) is 5.16 Å². The Morgan fingerprint density at radius 2 is 2.17 bits per heavy atom. The van der Waals surface area contributed by atoms with E-state index in [0.29, 0.717) is 5.75 Å². The van der Waals surface area contributed by atoms with Crippen LogP contribution in [-0.4, -0.2) is 21.6 Å². The van der Waals surface area contributed by atoms with Gasteiger partial charge in [-0.25, -0.2) is 4.98 Å². The standard InChI is InChI=1S/C13H15N3OS/c1-2-10-3-5-11(6-4-10)16-12(17)9-18-13-14-7-8-15-13/h3-8H,2,9H2,1H3,(H,14,15)(H,16,17). The van der Waals surface area contributed by atoms with E-state index in [1.165, 1.54) is 17.3 Å². The van der Waals surface area contributed by atoms with Crippen LogP contribution in [0.2, 0.25) is 0 Å². The molecule has 18 heavy (non-hydrogen) atoms. The van der Waals surface area contributed by atoms with Gasteiger partial charge in [-0.05, 0) is 24.1 Å². The maximum Gasteiger partial charge on any atom is 0.234 e. The fourth-order valence-corrected chi connectivity index (χ4v) is 2.11. The molecule has 1 heterocycles. The average Bonchev–Trinajstić information content (AvgIpc) is 2.90. The van der Waals surface area contributed by atoms with E-state index in [-0.39, 0.29) is 5.91 Å². The number of H-pyrrole nitrogens is 1. The number of carbonyl (C=O) groups excluding carboxylic acids is 1. The summed E-state index contributed by atoms with van der Waals surface area (Å²) < 4.78 is 0. The zero-order valence-electron chi connectivity index (χ0n) is 10.1. The van der Waals surface area contributed by atoms with Gasteiger partial charge in [-0.2, -0.15) is 0 Å². The van der Waals surface area contributed by atoms with Gasteiger partial charge in [-0.15, -0.1) is 0 Å². The Bertz CT molecular complexity index is 493. The van der Waals surface area contributed by atoms with Crippen LogP contribution in [0.1, 0.15) is 12.5 Å². The number of aromatic nitrogens is 2. The van der Waals surface area contributed by atoms with Gasteiger partial charge in [0.1, 0.15) is 0 Å². The number of benzene rings is 1. The van der Waals surface area contributed by atoms with Crippen molar-refractivity contribution in [2.45, 2.75) is 18.5 Å². The second-order valence-electron chi connectivity index (χ2n) is 3.78. The molecule has 94 valence electrons. The molecule has 0 unspecified atom stereocenters. The van der Waals surface area contributed by atoms with E-state index in [0.717, 1.165) is 17.3 Å². The van der Waals surface area contributed by atoms with Gasteiger partial charge < -0.3 is 10.3 Å². The number of nitrogens with zero attached hydrogens (tertiary/aromatic N) is 1. The van der Waals surface area contributed by atoms with Crippen molar-refractivity contribution in [2.24, 2.45) is 0 Å². The smallest absolute Gasteiger partial charge is 0.234 e. The van der Waals surface area contributed by atoms with Gasteiger partial charge >= 0.3 is 0 Å². The molecule has 2 rings (SSSR count). The SMILES string of the molecule is CCc1ccc(NC(=O)CSc2ncc[nH]2)cc1. The van der Waals surface area contributed by atoms with E-state index in [2.05, 4.69) is 22.2 Å². The summed E-state index contributed by atoms with van der Waals surface area (Å²) in [6.45, 7) is 2.10. The van der Waals surface area contributed by atoms with Crippen LogP contribution >= 0.6 is 11.8 Å². The minimum Gasteiger partial charge on any atom is -0.340 e. The summed E-state index contributed by atoms with van der Waals surface area (Å²) in [6.07, 6.45) is 4.41. The zero-order valence-corrected chi connectivity index (χ0v) is 11.0. The van der Waals surface area contributed by atoms with E-state index in [1.54, 1.807) is 12.4 Å². The van der Waals surface area contributed by atoms with Crippen LogP contribution in [0.3, 0.4) is 0 Å². The minimum absolute atomic E-state index is 0.0272. The van der Waals surface area contributed by atoms with Crippen LogP contribution in [-0.2, 0) is 11.2 Å². The van der Waals surface area contributed by atoms with E-state index in [4.69, 9.17) is 0 Å². The maximum atomic E-state index is 11.7. The third kappa shape index (κ3) is 3.63. The monoisotopic (exact) mass is 261 g/mol. The Labute approximate surface area is 110 Å². The lowest BCUT2D eigenvalue weighted by atomic mass is 10.1. The van der Waals surface area contributed by atoms with Crippen molar-refractivity contribution in [1.82, 2.24) is 9.97 Å². The van der Waals surface area contributed by atoms with Crippen molar-refractivity contribution in [3.63, 3.8) is 0 Å². The normalized spacial score (nSPS) is 10.3. The van der Waals surface area contributed by atoms with Crippen LogP contribution in [0.5, 0.6) is 0 Å². The highest BCUT2D eigenvalue weighted by Crippen LogP contribution is 2.13. The van der Waals surface area contributed by atoms with Gasteiger partial charge in [-0.1, -0.05) is 30.8 Å². The molecule has 1 aromatic heterocycles. The molecule has 5 heteroatoms. The quantitative estimate of drug-likeness (QED) is 0.814. The Hall–Kier alpha value is -1.75. The van der Waals surface area contributed by atoms with Gasteiger partial charge in [0.05, 0.1) is 5.75 Å². The molecule has 2 aromatic rings. The first-order valence-electron chi connectivity index (χ1n) is 5.79. The molecule has 0 spiro atoms. The summed E-state index contributed by atoms with van der Waals surface area (Å²) in [4.78, 5) is 18.7. The fraction of sp³-hybridized carbons (Fsp3) is 0.231. The van der Waals surface area contributed by atoms with Crippen LogP contribution in [0.25, 0.3) is 0 Å². The number of imidazole rings is 1. The second-order valence-corrected chi connectivity index (χ2v) is 4.75. The summed E-state index contributed by atoms with van der Waals surface area (Å²) in [5, 5.41) is 3.61. The molecule has 1 aromatic carbocycles. The number of carbonyl (C=O) groups is 1. The van der Waals surface area contributed by atoms with Crippen molar-refractivity contribution >= 4 is 23.4 Å². The van der Waals surface area contributed by atoms with Crippen molar-refractivity contribution < 1.29 is 4.79 Å². The average molecular weight is 261 g/mol. The number of aromatic amines is 1. The molecule has 0 aliphatic carbocycles. The molecule has 0 saturated heterocycles. The summed E-state index contributed by atoms with van der Waals surface area (Å²) in [5.41, 5.74) is 2.09. The minimum atomic E-state index is -0.0272. The van der Waals surface area contributed by atoms with E-state index in [1.807, 2.05) is 24.3 Å². The fourth-order valence-electron chi connectivity index (χ4n) is 1.48. The molecule has 4 nitrogen and oxygen atoms in total. The summed E-state index contributed by atoms with van der Waals surface area (Å²) in [7, 11) is 0. The highest BCUT2D eigenvalue weighted by Gasteiger charge is 2.04. The number of nitrogens with one attached hydrogen (secondary N) is 2. The zero-order chi connectivity index (χ0) is 12.8. The number of rotatable bonds is 5. The number of thioether (sulfide) groups is 1. The molecule has 0 saturated carbocycles. The van der Waals surface area contributed by atoms with Gasteiger partial charge in [0.2, 0.25) is 5.91 Å². The molecule has 0 aliphatic heterocycles. The van der Waals surface area contributed by atoms with Crippen LogP contribution < -0.4 is 5.32 Å². The lowest BCUT2D eigenvalue weighted by Gasteiger charge is -2.05. The Morgan fingerprint density at radius 1 is 1.39 bits per heavy atom. The van der Waals surface area contributed by atoms with Crippen molar-refractivity contribution in [1.29, 1.82) is 0 Å². The Balaban J connectivity index is 1.83. The molecular formula is C13H15N3OS. The Kier molecular flexibility index (Phi) is 4.41. The van der Waals surface area contributed by atoms with Crippen LogP contribution in [0, 0.1) is 0 Å². The molecule has 0 aliphatic rings. The number of hydrogen-bond acceptors (Lipinski definition) is 3. The largest absolute Gasteiger partial charge is 0.340 e. The van der Waals surface area contributed by atoms with Gasteiger partial charge in [0, 0.05) is 18.1 Å². The first-order chi connectivity index (χ1) is 8.78. The molecule has 1 amide bonds. The highest BCUT2D eigenvalue weighted by atomic mass is 32.2. The predicted octanol–water partition coefficient (Wildman–Crippen LogP) is 2.70. The topological polar surface area (TPSA) is 57.8 Å². The first kappa shape index (κ1) is 12.7. The van der Waals surface area contributed by atoms with Crippen molar-refractivity contribution in [3.8, 4) is 0 Å². The highest BCUT2D eigenvalue weighted by molar-refractivity contribution is 7.99. The maximum absolute atomic E-state index is 11.7. The molecule has 0 fully saturated rings. The lowest BCUT2D eigenvalue weighted by molar-refractivity contribution is -0.113. The predicted molar refractivity (Wildman–Crippen MR) is 73.8 cm³/mol. The van der Waals surface area contributed by atoms with E-state index >= 15 is 0 Å². The summed E-state index contributed by atoms with van der Waals surface area (Å²) >= 11 is 1.38. The number of hydrogen-bond donors (Lipinski definition) is 2. The molecule has 0 radical (unpaired) electrons. The Morgan fingerprint density at radius 3 is 2.78 bits per heavy atom. The number of amides is 1. The van der Waals surface area contributed by atoms with E-state index in [9.17, 15) is 4.79 Å². The van der Waals surface area contributed by atoms with Crippen LogP contribution in [0.15, 0.2) is 41.8 Å². The molecule has 0 atom stereocenters. The molecule has 0 bridgehead atoms. The van der Waals surface area contributed by atoms with Gasteiger partial charge in [-0.3, -0.25) is 4.79 Å². The van der Waals surface area contributed by atoms with Crippen molar-refractivity contribution in [2.75, 3.05) is 11.1 Å². The molecular weight excluding hydrogens is 246 g/mol. The third-order valence-corrected chi connectivity index (χ3v) is 3.36. The number of aryl methyl sites for hydroxylation is 1. The van der Waals surface area contributed by atoms with E-state index < -0.39 is 0 Å². The number of anilines is 1. The summed E-state index contributed by atoms with van der Waals surface area (Å²) in [5.74, 6) is 0.323. The second kappa shape index (κ2) is 6.26.